The molecule has 1 atom stereocenters. The van der Waals surface area contributed by atoms with Gasteiger partial charge in [-0.3, -0.25) is 5.10 Å². The summed E-state index contributed by atoms with van der Waals surface area (Å²) in [6, 6.07) is 13.8. The molecule has 4 aromatic rings. The molecule has 2 N–H and O–H groups in total. The predicted molar refractivity (Wildman–Crippen MR) is 167 cm³/mol. The van der Waals surface area contributed by atoms with Crippen LogP contribution in [0.2, 0.25) is 0 Å². The van der Waals surface area contributed by atoms with Crippen molar-refractivity contribution in [1.29, 1.82) is 0 Å². The topological polar surface area (TPSA) is 73.5 Å². The molecule has 2 aromatic carbocycles. The van der Waals surface area contributed by atoms with Gasteiger partial charge in [-0.15, -0.1) is 11.3 Å². The summed E-state index contributed by atoms with van der Waals surface area (Å²) < 4.78 is 50.2. The van der Waals surface area contributed by atoms with Crippen molar-refractivity contribution in [1.82, 2.24) is 15.1 Å². The van der Waals surface area contributed by atoms with Crippen LogP contribution in [0.15, 0.2) is 59.5 Å². The van der Waals surface area contributed by atoms with Gasteiger partial charge in [0.15, 0.2) is 17.5 Å². The molecule has 0 saturated carbocycles. The third-order valence-corrected chi connectivity index (χ3v) is 8.86. The van der Waals surface area contributed by atoms with E-state index in [1.54, 1.807) is 16.2 Å². The van der Waals surface area contributed by atoms with E-state index in [-0.39, 0.29) is 11.8 Å². The lowest BCUT2D eigenvalue weighted by atomic mass is 9.79. The second kappa shape index (κ2) is 11.7. The van der Waals surface area contributed by atoms with E-state index in [1.165, 1.54) is 0 Å². The summed E-state index contributed by atoms with van der Waals surface area (Å²) in [6.07, 6.45) is 0.141. The van der Waals surface area contributed by atoms with E-state index in [1.807, 2.05) is 69.5 Å². The summed E-state index contributed by atoms with van der Waals surface area (Å²) in [4.78, 5) is 17.4. The molecule has 2 aromatic heterocycles. The van der Waals surface area contributed by atoms with Gasteiger partial charge in [-0.25, -0.2) is 18.0 Å². The van der Waals surface area contributed by atoms with Crippen LogP contribution in [0.25, 0.3) is 16.3 Å². The van der Waals surface area contributed by atoms with Gasteiger partial charge in [-0.05, 0) is 74.0 Å². The molecule has 0 spiro atoms. The zero-order chi connectivity index (χ0) is 31.2. The third kappa shape index (κ3) is 5.56. The molecular weight excluding hydrogens is 587 g/mol. The fourth-order valence-corrected chi connectivity index (χ4v) is 6.67. The Labute approximate surface area is 258 Å². The number of halogens is 3. The van der Waals surface area contributed by atoms with Gasteiger partial charge >= 0.3 is 6.09 Å². The Balaban J connectivity index is 1.36. The van der Waals surface area contributed by atoms with Crippen molar-refractivity contribution in [3.8, 4) is 10.6 Å². The minimum atomic E-state index is -1.24. The Morgan fingerprint density at radius 1 is 1.02 bits per heavy atom. The smallest absolute Gasteiger partial charge is 0.410 e. The number of thiophene rings is 1. The van der Waals surface area contributed by atoms with Gasteiger partial charge < -0.3 is 19.9 Å². The van der Waals surface area contributed by atoms with Crippen LogP contribution in [0.3, 0.4) is 0 Å². The van der Waals surface area contributed by atoms with Crippen LogP contribution >= 0.6 is 11.3 Å². The van der Waals surface area contributed by atoms with Gasteiger partial charge in [0.25, 0.3) is 0 Å². The first-order valence-electron chi connectivity index (χ1n) is 14.6. The zero-order valence-corrected chi connectivity index (χ0v) is 25.8. The number of aromatic amines is 1. The Kier molecular flexibility index (Phi) is 7.91. The van der Waals surface area contributed by atoms with Gasteiger partial charge in [0.1, 0.15) is 11.4 Å². The number of hydrogen-bond acceptors (Lipinski definition) is 6. The van der Waals surface area contributed by atoms with Crippen LogP contribution in [0.1, 0.15) is 56.7 Å². The quantitative estimate of drug-likeness (QED) is 0.221. The summed E-state index contributed by atoms with van der Waals surface area (Å²) >= 11 is 1.56. The number of ether oxygens (including phenoxy) is 1. The summed E-state index contributed by atoms with van der Waals surface area (Å²) in [6.45, 7) is 9.89. The lowest BCUT2D eigenvalue weighted by Gasteiger charge is -2.37. The molecule has 0 aliphatic carbocycles. The van der Waals surface area contributed by atoms with E-state index in [0.29, 0.717) is 38.4 Å². The number of aromatic nitrogens is 2. The molecule has 11 heteroatoms. The fraction of sp³-hybridized carbons (Fsp3) is 0.333. The van der Waals surface area contributed by atoms with E-state index >= 15 is 8.78 Å². The third-order valence-electron chi connectivity index (χ3n) is 7.97. The Morgan fingerprint density at radius 3 is 2.36 bits per heavy atom. The van der Waals surface area contributed by atoms with Crippen LogP contribution in [-0.2, 0) is 4.74 Å². The molecule has 7 nitrogen and oxygen atoms in total. The highest BCUT2D eigenvalue weighted by molar-refractivity contribution is 7.13. The maximum absolute atomic E-state index is 15.2. The molecule has 1 fully saturated rings. The van der Waals surface area contributed by atoms with Crippen LogP contribution in [0.5, 0.6) is 0 Å². The van der Waals surface area contributed by atoms with Gasteiger partial charge in [0.2, 0.25) is 0 Å². The minimum Gasteiger partial charge on any atom is -0.444 e. The second-order valence-corrected chi connectivity index (χ2v) is 12.9. The Bertz CT molecular complexity index is 1700. The van der Waals surface area contributed by atoms with Gasteiger partial charge in [0, 0.05) is 43.3 Å². The highest BCUT2D eigenvalue weighted by Crippen LogP contribution is 2.49. The standard InChI is InChI=1S/C33H34F3N5O2S/c1-5-21-25(19-8-10-20(11-9-19)40-14-16-41(17-15-40)32(42)43-33(2,3)4)27-30(24-7-6-18-44-24)38-39-31(27)37-29(21)26-22(34)12-13-23(35)28(26)36/h6-13,18,25H,5,14-17H2,1-4H3,(H2,37,38,39). The molecule has 2 aliphatic heterocycles. The molecule has 0 bridgehead atoms. The number of carbonyl (C=O) groups excluding carboxylic acids is 1. The number of piperazine rings is 1. The normalized spacial score (nSPS) is 17.0. The molecule has 1 saturated heterocycles. The molecule has 1 amide bonds. The van der Waals surface area contributed by atoms with Crippen molar-refractivity contribution in [3.05, 3.63) is 93.6 Å². The van der Waals surface area contributed by atoms with E-state index < -0.39 is 34.5 Å². The number of nitrogens with zero attached hydrogens (tertiary/aromatic N) is 3. The van der Waals surface area contributed by atoms with E-state index in [9.17, 15) is 9.18 Å². The number of benzene rings is 2. The van der Waals surface area contributed by atoms with Gasteiger partial charge in [-0.1, -0.05) is 25.1 Å². The molecule has 6 rings (SSSR count). The van der Waals surface area contributed by atoms with Crippen molar-refractivity contribution in [2.75, 3.05) is 36.4 Å². The SMILES string of the molecule is CCC1=C(c2c(F)ccc(F)c2F)Nc2n[nH]c(-c3cccs3)c2C1c1ccc(N2CCN(C(=O)OC(C)(C)C)CC2)cc1. The maximum atomic E-state index is 15.2. The summed E-state index contributed by atoms with van der Waals surface area (Å²) in [5.41, 5.74) is 3.53. The number of carbonyl (C=O) groups is 1. The van der Waals surface area contributed by atoms with Crippen LogP contribution in [0.4, 0.5) is 29.5 Å². The predicted octanol–water partition coefficient (Wildman–Crippen LogP) is 7.99. The van der Waals surface area contributed by atoms with Crippen LogP contribution in [-0.4, -0.2) is 53.0 Å². The maximum Gasteiger partial charge on any atom is 0.410 e. The number of anilines is 2. The highest BCUT2D eigenvalue weighted by Gasteiger charge is 2.36. The number of amides is 1. The lowest BCUT2D eigenvalue weighted by molar-refractivity contribution is 0.0240. The summed E-state index contributed by atoms with van der Waals surface area (Å²) in [5.74, 6) is -3.17. The van der Waals surface area contributed by atoms with E-state index in [2.05, 4.69) is 20.4 Å². The fourth-order valence-electron chi connectivity index (χ4n) is 5.93. The minimum absolute atomic E-state index is 0.186. The van der Waals surface area contributed by atoms with Crippen LogP contribution < -0.4 is 10.2 Å². The van der Waals surface area contributed by atoms with Crippen LogP contribution in [0, 0.1) is 17.5 Å². The lowest BCUT2D eigenvalue weighted by Crippen LogP contribution is -2.50. The van der Waals surface area contributed by atoms with Gasteiger partial charge in [0.05, 0.1) is 21.8 Å². The summed E-state index contributed by atoms with van der Waals surface area (Å²) in [7, 11) is 0. The molecule has 2 aliphatic rings. The molecule has 44 heavy (non-hydrogen) atoms. The first-order valence-corrected chi connectivity index (χ1v) is 15.5. The average molecular weight is 622 g/mol. The highest BCUT2D eigenvalue weighted by atomic mass is 32.1. The van der Waals surface area contributed by atoms with E-state index in [0.717, 1.165) is 45.1 Å². The second-order valence-electron chi connectivity index (χ2n) is 11.9. The average Bonchev–Trinajstić information content (AvgIpc) is 3.68. The molecule has 230 valence electrons. The molecular formula is C33H34F3N5O2S. The largest absolute Gasteiger partial charge is 0.444 e. The molecule has 4 heterocycles. The van der Waals surface area contributed by atoms with Crippen molar-refractivity contribution in [2.24, 2.45) is 0 Å². The van der Waals surface area contributed by atoms with Crippen molar-refractivity contribution in [2.45, 2.75) is 45.6 Å². The summed E-state index contributed by atoms with van der Waals surface area (Å²) in [5, 5.41) is 12.7. The van der Waals surface area contributed by atoms with Gasteiger partial charge in [-0.2, -0.15) is 5.10 Å². The number of H-pyrrole nitrogens is 1. The number of nitrogens with one attached hydrogen (secondary N) is 2. The molecule has 1 unspecified atom stereocenters. The van der Waals surface area contributed by atoms with Crippen molar-refractivity contribution >= 4 is 34.6 Å². The first kappa shape index (κ1) is 29.8. The van der Waals surface area contributed by atoms with Crippen molar-refractivity contribution < 1.29 is 22.7 Å². The Hall–Kier alpha value is -4.25. The monoisotopic (exact) mass is 621 g/mol. The zero-order valence-electron chi connectivity index (χ0n) is 25.0. The Morgan fingerprint density at radius 2 is 1.73 bits per heavy atom. The number of hydrogen-bond donors (Lipinski definition) is 2. The number of rotatable bonds is 5. The van der Waals surface area contributed by atoms with E-state index in [4.69, 9.17) is 4.74 Å². The number of fused-ring (bicyclic) bond motifs is 1. The van der Waals surface area contributed by atoms with Crippen molar-refractivity contribution in [3.63, 3.8) is 0 Å². The first-order chi connectivity index (χ1) is 21.1. The number of allylic oxidation sites excluding steroid dienone is 1. The molecule has 0 radical (unpaired) electrons.